The molecule has 2 aromatic rings. The van der Waals surface area contributed by atoms with Crippen LogP contribution in [-0.2, 0) is 29.0 Å². The van der Waals surface area contributed by atoms with Crippen LogP contribution >= 0.6 is 0 Å². The third-order valence-corrected chi connectivity index (χ3v) is 6.36. The minimum Gasteiger partial charge on any atom is -0.454 e. The molecule has 0 spiro atoms. The van der Waals surface area contributed by atoms with Gasteiger partial charge in [-0.25, -0.2) is 0 Å². The standard InChI is InChI=1S/C24H27N3O4/c28-23(26-11-15-4-7-21-22(8-15)31-14-30-21)18-9-19(13-25-12-18)24(29)27-20-6-5-16-2-1-3-17(16)10-20/h4-8,10,18-19,25H,1-3,9,11-14H2,(H,26,28)(H,27,29)/t18-,19+/m0/s1. The molecule has 0 bridgehead atoms. The number of carbonyl (C=O) groups excluding carboxylic acids is 2. The van der Waals surface area contributed by atoms with Crippen LogP contribution in [0.3, 0.4) is 0 Å². The molecule has 2 amide bonds. The fraction of sp³-hybridized carbons (Fsp3) is 0.417. The van der Waals surface area contributed by atoms with Crippen LogP contribution in [0.2, 0.25) is 0 Å². The van der Waals surface area contributed by atoms with Crippen molar-refractivity contribution in [2.45, 2.75) is 32.2 Å². The van der Waals surface area contributed by atoms with E-state index < -0.39 is 0 Å². The zero-order chi connectivity index (χ0) is 21.2. The molecule has 7 nitrogen and oxygen atoms in total. The maximum absolute atomic E-state index is 12.8. The van der Waals surface area contributed by atoms with Gasteiger partial charge in [0.25, 0.3) is 0 Å². The van der Waals surface area contributed by atoms with Crippen LogP contribution in [0.15, 0.2) is 36.4 Å². The fourth-order valence-corrected chi connectivity index (χ4v) is 4.62. The summed E-state index contributed by atoms with van der Waals surface area (Å²) in [4.78, 5) is 25.5. The number of aryl methyl sites for hydroxylation is 2. The summed E-state index contributed by atoms with van der Waals surface area (Å²) in [6, 6.07) is 11.8. The molecule has 0 saturated carbocycles. The summed E-state index contributed by atoms with van der Waals surface area (Å²) in [5.41, 5.74) is 4.52. The van der Waals surface area contributed by atoms with E-state index in [2.05, 4.69) is 28.1 Å². The molecular formula is C24H27N3O4. The highest BCUT2D eigenvalue weighted by Gasteiger charge is 2.31. The van der Waals surface area contributed by atoms with Crippen molar-refractivity contribution in [2.24, 2.45) is 11.8 Å². The van der Waals surface area contributed by atoms with Crippen LogP contribution in [-0.4, -0.2) is 31.7 Å². The summed E-state index contributed by atoms with van der Waals surface area (Å²) in [7, 11) is 0. The van der Waals surface area contributed by atoms with Crippen molar-refractivity contribution in [3.05, 3.63) is 53.1 Å². The number of hydrogen-bond donors (Lipinski definition) is 3. The lowest BCUT2D eigenvalue weighted by molar-refractivity contribution is -0.127. The van der Waals surface area contributed by atoms with Gasteiger partial charge >= 0.3 is 0 Å². The Kier molecular flexibility index (Phi) is 5.51. The molecular weight excluding hydrogens is 394 g/mol. The number of piperidine rings is 1. The van der Waals surface area contributed by atoms with E-state index in [-0.39, 0.29) is 30.4 Å². The Morgan fingerprint density at radius 2 is 1.74 bits per heavy atom. The second-order valence-corrected chi connectivity index (χ2v) is 8.52. The van der Waals surface area contributed by atoms with Gasteiger partial charge in [-0.1, -0.05) is 12.1 Å². The van der Waals surface area contributed by atoms with Crippen LogP contribution in [0.1, 0.15) is 29.5 Å². The zero-order valence-electron chi connectivity index (χ0n) is 17.4. The van der Waals surface area contributed by atoms with Crippen LogP contribution in [0.5, 0.6) is 11.5 Å². The van der Waals surface area contributed by atoms with Crippen molar-refractivity contribution in [1.29, 1.82) is 0 Å². The van der Waals surface area contributed by atoms with E-state index in [1.807, 2.05) is 24.3 Å². The van der Waals surface area contributed by atoms with Crippen LogP contribution in [0.25, 0.3) is 0 Å². The number of hydrogen-bond acceptors (Lipinski definition) is 5. The smallest absolute Gasteiger partial charge is 0.231 e. The first-order valence-electron chi connectivity index (χ1n) is 11.0. The predicted molar refractivity (Wildman–Crippen MR) is 116 cm³/mol. The van der Waals surface area contributed by atoms with E-state index in [4.69, 9.17) is 9.47 Å². The Hall–Kier alpha value is -3.06. The van der Waals surface area contributed by atoms with Gasteiger partial charge in [-0.2, -0.15) is 0 Å². The van der Waals surface area contributed by atoms with Gasteiger partial charge in [0.15, 0.2) is 11.5 Å². The normalized spacial score (nSPS) is 21.4. The summed E-state index contributed by atoms with van der Waals surface area (Å²) in [6.07, 6.45) is 3.92. The molecule has 31 heavy (non-hydrogen) atoms. The summed E-state index contributed by atoms with van der Waals surface area (Å²) < 4.78 is 10.7. The van der Waals surface area contributed by atoms with Crippen molar-refractivity contribution in [3.63, 3.8) is 0 Å². The van der Waals surface area contributed by atoms with Crippen molar-refractivity contribution < 1.29 is 19.1 Å². The molecule has 0 aromatic heterocycles. The average molecular weight is 421 g/mol. The topological polar surface area (TPSA) is 88.7 Å². The van der Waals surface area contributed by atoms with E-state index >= 15 is 0 Å². The molecule has 3 N–H and O–H groups in total. The first-order valence-corrected chi connectivity index (χ1v) is 11.0. The maximum atomic E-state index is 12.8. The molecule has 0 radical (unpaired) electrons. The summed E-state index contributed by atoms with van der Waals surface area (Å²) in [5.74, 6) is 0.888. The van der Waals surface area contributed by atoms with Gasteiger partial charge in [-0.3, -0.25) is 9.59 Å². The van der Waals surface area contributed by atoms with Gasteiger partial charge in [0.2, 0.25) is 18.6 Å². The average Bonchev–Trinajstić information content (AvgIpc) is 3.46. The van der Waals surface area contributed by atoms with Gasteiger partial charge in [0.1, 0.15) is 0 Å². The van der Waals surface area contributed by atoms with E-state index in [0.717, 1.165) is 29.8 Å². The van der Waals surface area contributed by atoms with Crippen LogP contribution in [0.4, 0.5) is 5.69 Å². The summed E-state index contributed by atoms with van der Waals surface area (Å²) in [6.45, 7) is 1.81. The van der Waals surface area contributed by atoms with Gasteiger partial charge in [-0.15, -0.1) is 0 Å². The number of benzene rings is 2. The molecule has 1 aliphatic carbocycles. The molecule has 2 heterocycles. The molecule has 1 saturated heterocycles. The second kappa shape index (κ2) is 8.59. The molecule has 7 heteroatoms. The van der Waals surface area contributed by atoms with Crippen LogP contribution < -0.4 is 25.4 Å². The maximum Gasteiger partial charge on any atom is 0.231 e. The van der Waals surface area contributed by atoms with Crippen LogP contribution in [0, 0.1) is 11.8 Å². The molecule has 1 fully saturated rings. The number of carbonyl (C=O) groups is 2. The first kappa shape index (κ1) is 19.9. The Morgan fingerprint density at radius 1 is 0.935 bits per heavy atom. The summed E-state index contributed by atoms with van der Waals surface area (Å²) in [5, 5.41) is 9.28. The highest BCUT2D eigenvalue weighted by atomic mass is 16.7. The second-order valence-electron chi connectivity index (χ2n) is 8.52. The molecule has 2 aliphatic heterocycles. The fourth-order valence-electron chi connectivity index (χ4n) is 4.62. The monoisotopic (exact) mass is 421 g/mol. The van der Waals surface area contributed by atoms with Gasteiger partial charge in [-0.05, 0) is 66.6 Å². The highest BCUT2D eigenvalue weighted by molar-refractivity contribution is 5.93. The minimum absolute atomic E-state index is 0.0290. The number of anilines is 1. The Bertz CT molecular complexity index is 1010. The lowest BCUT2D eigenvalue weighted by Gasteiger charge is -2.28. The number of rotatable bonds is 5. The zero-order valence-corrected chi connectivity index (χ0v) is 17.4. The molecule has 2 atom stereocenters. The SMILES string of the molecule is O=C(NCc1ccc2c(c1)OCO2)[C@@H]1CNC[C@H](C(=O)Nc2ccc3c(c2)CCC3)C1. The Morgan fingerprint density at radius 3 is 2.65 bits per heavy atom. The molecule has 2 aromatic carbocycles. The van der Waals surface area contributed by atoms with Crippen molar-refractivity contribution in [1.82, 2.24) is 10.6 Å². The van der Waals surface area contributed by atoms with Gasteiger partial charge in [0.05, 0.1) is 11.8 Å². The first-order chi connectivity index (χ1) is 15.2. The van der Waals surface area contributed by atoms with E-state index in [9.17, 15) is 9.59 Å². The van der Waals surface area contributed by atoms with Crippen molar-refractivity contribution in [2.75, 3.05) is 25.2 Å². The number of nitrogens with one attached hydrogen (secondary N) is 3. The predicted octanol–water partition coefficient (Wildman–Crippen LogP) is 2.38. The molecule has 162 valence electrons. The minimum atomic E-state index is -0.237. The molecule has 3 aliphatic rings. The largest absolute Gasteiger partial charge is 0.454 e. The third kappa shape index (κ3) is 4.37. The number of fused-ring (bicyclic) bond motifs is 2. The van der Waals surface area contributed by atoms with Gasteiger partial charge < -0.3 is 25.4 Å². The Balaban J connectivity index is 1.15. The summed E-state index contributed by atoms with van der Waals surface area (Å²) >= 11 is 0. The molecule has 0 unspecified atom stereocenters. The van der Waals surface area contributed by atoms with E-state index in [0.29, 0.717) is 31.8 Å². The van der Waals surface area contributed by atoms with Crippen molar-refractivity contribution >= 4 is 17.5 Å². The van der Waals surface area contributed by atoms with E-state index in [1.165, 1.54) is 17.5 Å². The quantitative estimate of drug-likeness (QED) is 0.690. The third-order valence-electron chi connectivity index (χ3n) is 6.36. The lowest BCUT2D eigenvalue weighted by atomic mass is 9.89. The van der Waals surface area contributed by atoms with Crippen molar-refractivity contribution in [3.8, 4) is 11.5 Å². The van der Waals surface area contributed by atoms with E-state index in [1.54, 1.807) is 0 Å². The van der Waals surface area contributed by atoms with Gasteiger partial charge in [0, 0.05) is 25.3 Å². The Labute approximate surface area is 181 Å². The number of amides is 2. The lowest BCUT2D eigenvalue weighted by Crippen LogP contribution is -2.47. The highest BCUT2D eigenvalue weighted by Crippen LogP contribution is 2.32. The number of ether oxygens (including phenoxy) is 2. The molecule has 5 rings (SSSR count).